The largest absolute Gasteiger partial charge is 0.270 e. The molecule has 4 unspecified atom stereocenters. The van der Waals surface area contributed by atoms with E-state index in [1.807, 2.05) is 0 Å². The first-order valence-electron chi connectivity index (χ1n) is 7.24. The van der Waals surface area contributed by atoms with Gasteiger partial charge in [0.1, 0.15) is 35.9 Å². The maximum atomic E-state index is 11.9. The Labute approximate surface area is 152 Å². The summed E-state index contributed by atoms with van der Waals surface area (Å²) in [6.45, 7) is 2.60. The van der Waals surface area contributed by atoms with Crippen molar-refractivity contribution >= 4 is 40.5 Å². The fraction of sp³-hybridized carbons (Fsp3) is 1.00. The Bertz CT molecular complexity index is 865. The van der Waals surface area contributed by atoms with E-state index in [0.717, 1.165) is 0 Å². The quantitative estimate of drug-likeness (QED) is 0.381. The highest BCUT2D eigenvalue weighted by molar-refractivity contribution is 7.90. The highest BCUT2D eigenvalue weighted by atomic mass is 32.2. The minimum absolute atomic E-state index is 0.675. The summed E-state index contributed by atoms with van der Waals surface area (Å²) in [7, 11) is -16.6. The molecule has 0 radical (unpaired) electrons. The molecule has 154 valence electrons. The zero-order valence-corrected chi connectivity index (χ0v) is 16.9. The summed E-state index contributed by atoms with van der Waals surface area (Å²) in [5.41, 5.74) is 0. The number of rotatable bonds is 7. The summed E-state index contributed by atoms with van der Waals surface area (Å²) >= 11 is 0. The lowest BCUT2D eigenvalue weighted by Crippen LogP contribution is -2.32. The van der Waals surface area contributed by atoms with Crippen molar-refractivity contribution in [1.82, 2.24) is 0 Å². The van der Waals surface area contributed by atoms with E-state index in [2.05, 4.69) is 8.37 Å². The minimum atomic E-state index is -4.40. The van der Waals surface area contributed by atoms with Gasteiger partial charge in [0.2, 0.25) is 0 Å². The third kappa shape index (κ3) is 6.08. The van der Waals surface area contributed by atoms with Crippen LogP contribution in [0.1, 0.15) is 13.8 Å². The topological polar surface area (TPSA) is 173 Å². The van der Waals surface area contributed by atoms with E-state index in [0.29, 0.717) is 0 Å². The minimum Gasteiger partial charge on any atom is -0.264 e. The van der Waals surface area contributed by atoms with Crippen LogP contribution < -0.4 is 0 Å². The van der Waals surface area contributed by atoms with Crippen molar-refractivity contribution in [3.05, 3.63) is 0 Å². The zero-order chi connectivity index (χ0) is 20.0. The van der Waals surface area contributed by atoms with Crippen LogP contribution in [0.3, 0.4) is 0 Å². The Morgan fingerprint density at radius 2 is 1.08 bits per heavy atom. The molecule has 0 aromatic rings. The molecule has 12 nitrogen and oxygen atoms in total. The Balaban J connectivity index is 1.94. The standard InChI is InChI=1S/C10H18O12S4/c1-7-9(5-25(15,16)19-7)21-23(11,12)3-4-24(13,14)22-10-6-26(17,18)20-8(10)2/h7-10H,3-6H2,1-2H3. The Hall–Kier alpha value is -0.360. The number of hydrogen-bond acceptors (Lipinski definition) is 12. The van der Waals surface area contributed by atoms with Gasteiger partial charge >= 0.3 is 0 Å². The molecule has 2 aliphatic rings. The summed E-state index contributed by atoms with van der Waals surface area (Å²) in [6.07, 6.45) is -4.65. The third-order valence-electron chi connectivity index (χ3n) is 3.50. The molecule has 16 heteroatoms. The molecule has 2 heterocycles. The second-order valence-electron chi connectivity index (χ2n) is 5.84. The first-order chi connectivity index (χ1) is 11.6. The Morgan fingerprint density at radius 1 is 0.769 bits per heavy atom. The molecular weight excluding hydrogens is 440 g/mol. The summed E-state index contributed by atoms with van der Waals surface area (Å²) in [5.74, 6) is -3.36. The second kappa shape index (κ2) is 7.23. The smallest absolute Gasteiger partial charge is 0.264 e. The summed E-state index contributed by atoms with van der Waals surface area (Å²) in [6, 6.07) is 0. The van der Waals surface area contributed by atoms with Gasteiger partial charge in [0.25, 0.3) is 40.5 Å². The first-order valence-corrected chi connectivity index (χ1v) is 13.5. The maximum Gasteiger partial charge on any atom is 0.270 e. The van der Waals surface area contributed by atoms with Crippen LogP contribution in [0.15, 0.2) is 0 Å². The molecule has 26 heavy (non-hydrogen) atoms. The molecular formula is C10H18O12S4. The van der Waals surface area contributed by atoms with E-state index in [9.17, 15) is 33.7 Å². The molecule has 0 spiro atoms. The van der Waals surface area contributed by atoms with Crippen molar-refractivity contribution in [2.45, 2.75) is 38.3 Å². The monoisotopic (exact) mass is 458 g/mol. The molecule has 0 bridgehead atoms. The lowest BCUT2D eigenvalue weighted by Gasteiger charge is -2.15. The van der Waals surface area contributed by atoms with Crippen molar-refractivity contribution in [3.63, 3.8) is 0 Å². The van der Waals surface area contributed by atoms with Crippen LogP contribution in [0.25, 0.3) is 0 Å². The van der Waals surface area contributed by atoms with Crippen LogP contribution in [0.2, 0.25) is 0 Å². The van der Waals surface area contributed by atoms with Crippen molar-refractivity contribution in [2.24, 2.45) is 0 Å². The molecule has 2 fully saturated rings. The van der Waals surface area contributed by atoms with Gasteiger partial charge in [-0.1, -0.05) is 0 Å². The first kappa shape index (κ1) is 21.9. The lowest BCUT2D eigenvalue weighted by atomic mass is 10.3. The van der Waals surface area contributed by atoms with Crippen LogP contribution in [0, 0.1) is 0 Å². The average molecular weight is 459 g/mol. The molecule has 0 saturated carbocycles. The SMILES string of the molecule is CC1OS(=O)(=O)CC1OS(=O)(=O)CCS(=O)(=O)OC1CS(=O)(=O)OC1C. The van der Waals surface area contributed by atoms with Gasteiger partial charge in [-0.05, 0) is 13.8 Å². The van der Waals surface area contributed by atoms with Gasteiger partial charge in [-0.15, -0.1) is 0 Å². The predicted octanol–water partition coefficient (Wildman–Crippen LogP) is -2.09. The predicted molar refractivity (Wildman–Crippen MR) is 86.0 cm³/mol. The van der Waals surface area contributed by atoms with Crippen molar-refractivity contribution in [2.75, 3.05) is 23.0 Å². The van der Waals surface area contributed by atoms with Gasteiger partial charge in [0, 0.05) is 0 Å². The van der Waals surface area contributed by atoms with Crippen molar-refractivity contribution in [1.29, 1.82) is 0 Å². The normalized spacial score (nSPS) is 34.1. The van der Waals surface area contributed by atoms with Crippen LogP contribution in [-0.4, -0.2) is 81.1 Å². The van der Waals surface area contributed by atoms with E-state index < -0.39 is 87.9 Å². The molecule has 2 saturated heterocycles. The molecule has 4 atom stereocenters. The van der Waals surface area contributed by atoms with Crippen LogP contribution in [0.4, 0.5) is 0 Å². The Kier molecular flexibility index (Phi) is 6.10. The highest BCUT2D eigenvalue weighted by Crippen LogP contribution is 2.23. The highest BCUT2D eigenvalue weighted by Gasteiger charge is 2.41. The number of hydrogen-bond donors (Lipinski definition) is 0. The maximum absolute atomic E-state index is 11.9. The average Bonchev–Trinajstić information content (AvgIpc) is 2.81. The van der Waals surface area contributed by atoms with Crippen LogP contribution in [-0.2, 0) is 57.2 Å². The zero-order valence-electron chi connectivity index (χ0n) is 13.7. The van der Waals surface area contributed by atoms with Crippen LogP contribution in [0.5, 0.6) is 0 Å². The van der Waals surface area contributed by atoms with Gasteiger partial charge < -0.3 is 0 Å². The molecule has 0 N–H and O–H groups in total. The molecule has 0 aromatic carbocycles. The lowest BCUT2D eigenvalue weighted by molar-refractivity contribution is 0.118. The third-order valence-corrected chi connectivity index (χ3v) is 8.92. The molecule has 2 aliphatic heterocycles. The van der Waals surface area contributed by atoms with E-state index in [1.54, 1.807) is 0 Å². The van der Waals surface area contributed by atoms with E-state index in [1.165, 1.54) is 13.8 Å². The molecule has 2 rings (SSSR count). The Morgan fingerprint density at radius 3 is 1.31 bits per heavy atom. The fourth-order valence-electron chi connectivity index (χ4n) is 2.23. The summed E-state index contributed by atoms with van der Waals surface area (Å²) < 4.78 is 111. The summed E-state index contributed by atoms with van der Waals surface area (Å²) in [5, 5.41) is 0. The van der Waals surface area contributed by atoms with E-state index in [-0.39, 0.29) is 0 Å². The van der Waals surface area contributed by atoms with E-state index >= 15 is 0 Å². The van der Waals surface area contributed by atoms with Crippen molar-refractivity contribution in [3.8, 4) is 0 Å². The van der Waals surface area contributed by atoms with Gasteiger partial charge in [0.15, 0.2) is 0 Å². The second-order valence-corrected chi connectivity index (χ2v) is 12.6. The van der Waals surface area contributed by atoms with Gasteiger partial charge in [-0.2, -0.15) is 33.7 Å². The van der Waals surface area contributed by atoms with Crippen LogP contribution >= 0.6 is 0 Å². The fourth-order valence-corrected chi connectivity index (χ4v) is 8.24. The van der Waals surface area contributed by atoms with Gasteiger partial charge in [-0.25, -0.2) is 0 Å². The molecule has 0 amide bonds. The van der Waals surface area contributed by atoms with Gasteiger partial charge in [-0.3, -0.25) is 16.7 Å². The molecule has 0 aromatic heterocycles. The van der Waals surface area contributed by atoms with Gasteiger partial charge in [0.05, 0.1) is 11.5 Å². The van der Waals surface area contributed by atoms with Crippen molar-refractivity contribution < 1.29 is 50.4 Å². The summed E-state index contributed by atoms with van der Waals surface area (Å²) in [4.78, 5) is 0. The molecule has 0 aliphatic carbocycles. The van der Waals surface area contributed by atoms with E-state index in [4.69, 9.17) is 8.37 Å².